The van der Waals surface area contributed by atoms with Crippen LogP contribution in [-0.2, 0) is 4.79 Å². The zero-order valence-corrected chi connectivity index (χ0v) is 13.4. The van der Waals surface area contributed by atoms with Crippen molar-refractivity contribution in [3.8, 4) is 5.75 Å². The second-order valence-electron chi connectivity index (χ2n) is 4.12. The van der Waals surface area contributed by atoms with Crippen LogP contribution in [0.5, 0.6) is 5.75 Å². The number of nitrogens with one attached hydrogen (secondary N) is 1. The molecule has 0 aliphatic rings. The van der Waals surface area contributed by atoms with E-state index in [9.17, 15) is 4.79 Å². The number of hydrogen-bond donors (Lipinski definition) is 1. The quantitative estimate of drug-likeness (QED) is 0.477. The van der Waals surface area contributed by atoms with Crippen molar-refractivity contribution >= 4 is 46.4 Å². The lowest BCUT2D eigenvalue weighted by Gasteiger charge is -2.08. The molecule has 0 saturated carbocycles. The van der Waals surface area contributed by atoms with Crippen LogP contribution in [0.3, 0.4) is 0 Å². The summed E-state index contributed by atoms with van der Waals surface area (Å²) >= 11 is 17.6. The summed E-state index contributed by atoms with van der Waals surface area (Å²) in [6.07, 6.45) is 1.81. The first-order valence-electron chi connectivity index (χ1n) is 6.03. The van der Waals surface area contributed by atoms with Gasteiger partial charge in [0.25, 0.3) is 5.91 Å². The van der Waals surface area contributed by atoms with Crippen molar-refractivity contribution in [2.45, 2.75) is 26.7 Å². The van der Waals surface area contributed by atoms with Gasteiger partial charge in [0.2, 0.25) is 0 Å². The van der Waals surface area contributed by atoms with Crippen molar-refractivity contribution in [1.29, 1.82) is 0 Å². The van der Waals surface area contributed by atoms with Gasteiger partial charge in [0, 0.05) is 11.8 Å². The molecule has 0 spiro atoms. The number of carbonyl (C=O) groups is 1. The molecule has 1 aromatic carbocycles. The molecular formula is C13H15Cl3N2O2. The van der Waals surface area contributed by atoms with E-state index in [-0.39, 0.29) is 17.5 Å². The third-order valence-electron chi connectivity index (χ3n) is 2.32. The number of rotatable bonds is 6. The summed E-state index contributed by atoms with van der Waals surface area (Å²) in [6, 6.07) is 2.92. The molecule has 0 saturated heterocycles. The zero-order chi connectivity index (χ0) is 15.1. The number of ether oxygens (including phenoxy) is 1. The fourth-order valence-electron chi connectivity index (χ4n) is 1.37. The molecule has 0 aromatic heterocycles. The van der Waals surface area contributed by atoms with E-state index in [4.69, 9.17) is 39.5 Å². The van der Waals surface area contributed by atoms with Gasteiger partial charge in [-0.15, -0.1) is 0 Å². The maximum atomic E-state index is 11.5. The van der Waals surface area contributed by atoms with Crippen molar-refractivity contribution in [2.75, 3.05) is 6.61 Å². The van der Waals surface area contributed by atoms with Crippen LogP contribution in [0.1, 0.15) is 26.7 Å². The van der Waals surface area contributed by atoms with Gasteiger partial charge in [0.1, 0.15) is 5.75 Å². The molecule has 7 heteroatoms. The number of carbonyl (C=O) groups excluding carboxylic acids is 1. The van der Waals surface area contributed by atoms with E-state index >= 15 is 0 Å². The highest BCUT2D eigenvalue weighted by Gasteiger charge is 2.09. The predicted molar refractivity (Wildman–Crippen MR) is 83.1 cm³/mol. The average molecular weight is 338 g/mol. The van der Waals surface area contributed by atoms with Crippen molar-refractivity contribution < 1.29 is 9.53 Å². The van der Waals surface area contributed by atoms with E-state index in [1.807, 2.05) is 13.8 Å². The van der Waals surface area contributed by atoms with E-state index in [0.29, 0.717) is 15.8 Å². The highest BCUT2D eigenvalue weighted by atomic mass is 35.5. The summed E-state index contributed by atoms with van der Waals surface area (Å²) in [6.45, 7) is 3.68. The van der Waals surface area contributed by atoms with E-state index in [1.165, 1.54) is 12.1 Å². The maximum absolute atomic E-state index is 11.5. The maximum Gasteiger partial charge on any atom is 0.277 e. The first-order chi connectivity index (χ1) is 9.43. The molecule has 110 valence electrons. The lowest BCUT2D eigenvalue weighted by Crippen LogP contribution is -2.25. The summed E-state index contributed by atoms with van der Waals surface area (Å²) < 4.78 is 5.27. The molecule has 0 heterocycles. The first-order valence-corrected chi connectivity index (χ1v) is 7.16. The van der Waals surface area contributed by atoms with Gasteiger partial charge >= 0.3 is 0 Å². The minimum absolute atomic E-state index is 0.208. The molecule has 0 unspecified atom stereocenters. The Morgan fingerprint density at radius 3 is 2.55 bits per heavy atom. The van der Waals surface area contributed by atoms with Gasteiger partial charge in [-0.1, -0.05) is 48.1 Å². The standard InChI is InChI=1S/C13H15Cl3N2O2/c1-3-4-8(2)17-18-13(19)7-20-12-6-10(15)9(14)5-11(12)16/h5-6H,3-4,7H2,1-2H3,(H,18,19). The fraction of sp³-hybridized carbons (Fsp3) is 0.385. The van der Waals surface area contributed by atoms with Gasteiger partial charge in [0.15, 0.2) is 6.61 Å². The molecule has 0 aliphatic carbocycles. The average Bonchev–Trinajstić information content (AvgIpc) is 2.39. The van der Waals surface area contributed by atoms with Crippen LogP contribution in [0.15, 0.2) is 17.2 Å². The fourth-order valence-corrected chi connectivity index (χ4v) is 1.96. The highest BCUT2D eigenvalue weighted by molar-refractivity contribution is 6.43. The SMILES string of the molecule is CCCC(C)=NNC(=O)COc1cc(Cl)c(Cl)cc1Cl. The van der Waals surface area contributed by atoms with E-state index in [0.717, 1.165) is 18.6 Å². The number of hydrazone groups is 1. The largest absolute Gasteiger partial charge is 0.482 e. The second-order valence-corrected chi connectivity index (χ2v) is 5.34. The van der Waals surface area contributed by atoms with Crippen LogP contribution >= 0.6 is 34.8 Å². The molecule has 1 N–H and O–H groups in total. The minimum atomic E-state index is -0.373. The van der Waals surface area contributed by atoms with Gasteiger partial charge in [-0.05, 0) is 19.4 Å². The number of hydrogen-bond acceptors (Lipinski definition) is 3. The molecule has 0 atom stereocenters. The van der Waals surface area contributed by atoms with Crippen molar-refractivity contribution in [1.82, 2.24) is 5.43 Å². The Kier molecular flexibility index (Phi) is 7.13. The molecule has 0 bridgehead atoms. The second kappa shape index (κ2) is 8.35. The van der Waals surface area contributed by atoms with Crippen molar-refractivity contribution in [3.05, 3.63) is 27.2 Å². The Morgan fingerprint density at radius 1 is 1.25 bits per heavy atom. The molecule has 0 aliphatic heterocycles. The van der Waals surface area contributed by atoms with Crippen molar-refractivity contribution in [2.24, 2.45) is 5.10 Å². The normalized spacial score (nSPS) is 11.3. The highest BCUT2D eigenvalue weighted by Crippen LogP contribution is 2.33. The number of nitrogens with zero attached hydrogens (tertiary/aromatic N) is 1. The summed E-state index contributed by atoms with van der Waals surface area (Å²) in [5.74, 6) is -0.0759. The topological polar surface area (TPSA) is 50.7 Å². The Balaban J connectivity index is 2.53. The molecular weight excluding hydrogens is 323 g/mol. The molecule has 1 amide bonds. The van der Waals surface area contributed by atoms with Crippen LogP contribution in [0.4, 0.5) is 0 Å². The Bertz CT molecular complexity index is 519. The molecule has 1 aromatic rings. The van der Waals surface area contributed by atoms with E-state index in [2.05, 4.69) is 10.5 Å². The summed E-state index contributed by atoms with van der Waals surface area (Å²) in [5, 5.41) is 4.86. The van der Waals surface area contributed by atoms with Crippen LogP contribution in [0, 0.1) is 0 Å². The van der Waals surface area contributed by atoms with E-state index in [1.54, 1.807) is 0 Å². The predicted octanol–water partition coefficient (Wildman–Crippen LogP) is 4.32. The Hall–Kier alpha value is -0.970. The summed E-state index contributed by atoms with van der Waals surface area (Å²) in [4.78, 5) is 11.5. The van der Waals surface area contributed by atoms with Crippen LogP contribution in [0.25, 0.3) is 0 Å². The van der Waals surface area contributed by atoms with Gasteiger partial charge in [-0.25, -0.2) is 5.43 Å². The van der Waals surface area contributed by atoms with Gasteiger partial charge < -0.3 is 4.74 Å². The monoisotopic (exact) mass is 336 g/mol. The third-order valence-corrected chi connectivity index (χ3v) is 3.33. The Labute approximate surface area is 133 Å². The summed E-state index contributed by atoms with van der Waals surface area (Å²) in [7, 11) is 0. The van der Waals surface area contributed by atoms with Crippen LogP contribution in [-0.4, -0.2) is 18.2 Å². The smallest absolute Gasteiger partial charge is 0.277 e. The lowest BCUT2D eigenvalue weighted by atomic mass is 10.2. The minimum Gasteiger partial charge on any atom is -0.482 e. The molecule has 20 heavy (non-hydrogen) atoms. The zero-order valence-electron chi connectivity index (χ0n) is 11.2. The number of benzene rings is 1. The van der Waals surface area contributed by atoms with Crippen LogP contribution < -0.4 is 10.2 Å². The first kappa shape index (κ1) is 17.1. The van der Waals surface area contributed by atoms with Gasteiger partial charge in [-0.3, -0.25) is 4.79 Å². The molecule has 0 fully saturated rings. The van der Waals surface area contributed by atoms with Gasteiger partial charge in [-0.2, -0.15) is 5.10 Å². The lowest BCUT2D eigenvalue weighted by molar-refractivity contribution is -0.123. The molecule has 1 rings (SSSR count). The number of halogens is 3. The van der Waals surface area contributed by atoms with Crippen LogP contribution in [0.2, 0.25) is 15.1 Å². The molecule has 0 radical (unpaired) electrons. The Morgan fingerprint density at radius 2 is 1.90 bits per heavy atom. The van der Waals surface area contributed by atoms with Crippen molar-refractivity contribution in [3.63, 3.8) is 0 Å². The van der Waals surface area contributed by atoms with E-state index < -0.39 is 0 Å². The third kappa shape index (κ3) is 5.57. The number of amides is 1. The summed E-state index contributed by atoms with van der Waals surface area (Å²) in [5.41, 5.74) is 3.26. The molecule has 4 nitrogen and oxygen atoms in total. The van der Waals surface area contributed by atoms with Gasteiger partial charge in [0.05, 0.1) is 15.1 Å².